The largest absolute Gasteiger partial charge is 0.353 e. The second-order valence-electron chi connectivity index (χ2n) is 9.61. The molecule has 1 aliphatic rings. The number of hydrogen-bond acceptors (Lipinski definition) is 5. The molecule has 176 valence electrons. The molecule has 0 unspecified atom stereocenters. The molecule has 1 aliphatic carbocycles. The Morgan fingerprint density at radius 2 is 1.81 bits per heavy atom. The number of para-hydroxylation sites is 1. The van der Waals surface area contributed by atoms with Crippen LogP contribution < -0.4 is 10.9 Å². The molecule has 1 fully saturated rings. The minimum absolute atomic E-state index is 0.0227. The Morgan fingerprint density at radius 3 is 2.47 bits per heavy atom. The first-order valence-electron chi connectivity index (χ1n) is 11.9. The normalized spacial score (nSPS) is 19.2. The number of benzene rings is 1. The lowest BCUT2D eigenvalue weighted by molar-refractivity contribution is -0.119. The summed E-state index contributed by atoms with van der Waals surface area (Å²) in [6.07, 6.45) is 4.45. The highest BCUT2D eigenvalue weighted by Gasteiger charge is 2.21. The van der Waals surface area contributed by atoms with Crippen molar-refractivity contribution >= 4 is 28.6 Å². The third kappa shape index (κ3) is 6.35. The fourth-order valence-electron chi connectivity index (χ4n) is 4.59. The Hall–Kier alpha value is -1.86. The van der Waals surface area contributed by atoms with E-state index in [4.69, 9.17) is 4.98 Å². The van der Waals surface area contributed by atoms with Crippen LogP contribution in [0, 0.1) is 5.92 Å². The molecule has 1 heterocycles. The standard InChI is InChI=1S/C25H38N4O2S/c1-17(2)28(18(3)4)14-15-29-24(31)21-8-6-7-9-22(21)27-25(29)32-16-23(30)26-20-12-10-19(5)11-13-20/h6-9,17-20H,10-16H2,1-5H3,(H,26,30). The van der Waals surface area contributed by atoms with Gasteiger partial charge in [-0.15, -0.1) is 0 Å². The molecule has 0 atom stereocenters. The van der Waals surface area contributed by atoms with Gasteiger partial charge in [0.05, 0.1) is 16.7 Å². The summed E-state index contributed by atoms with van der Waals surface area (Å²) in [5.74, 6) is 1.05. The Morgan fingerprint density at radius 1 is 1.16 bits per heavy atom. The number of nitrogens with zero attached hydrogens (tertiary/aromatic N) is 3. The summed E-state index contributed by atoms with van der Waals surface area (Å²) in [7, 11) is 0. The summed E-state index contributed by atoms with van der Waals surface area (Å²) in [4.78, 5) is 33.0. The average Bonchev–Trinajstić information content (AvgIpc) is 2.75. The van der Waals surface area contributed by atoms with E-state index in [1.165, 1.54) is 24.6 Å². The van der Waals surface area contributed by atoms with E-state index < -0.39 is 0 Å². The Balaban J connectivity index is 1.76. The quantitative estimate of drug-likeness (QED) is 0.448. The van der Waals surface area contributed by atoms with Gasteiger partial charge in [0.2, 0.25) is 5.91 Å². The van der Waals surface area contributed by atoms with Gasteiger partial charge in [-0.2, -0.15) is 0 Å². The van der Waals surface area contributed by atoms with Crippen LogP contribution in [-0.2, 0) is 11.3 Å². The van der Waals surface area contributed by atoms with Gasteiger partial charge in [0.1, 0.15) is 0 Å². The van der Waals surface area contributed by atoms with Crippen LogP contribution in [0.5, 0.6) is 0 Å². The van der Waals surface area contributed by atoms with Gasteiger partial charge in [0, 0.05) is 31.2 Å². The van der Waals surface area contributed by atoms with E-state index in [-0.39, 0.29) is 23.3 Å². The van der Waals surface area contributed by atoms with Crippen molar-refractivity contribution < 1.29 is 4.79 Å². The van der Waals surface area contributed by atoms with E-state index in [2.05, 4.69) is 44.8 Å². The maximum atomic E-state index is 13.3. The lowest BCUT2D eigenvalue weighted by Crippen LogP contribution is -2.41. The monoisotopic (exact) mass is 458 g/mol. The molecule has 1 N–H and O–H groups in total. The van der Waals surface area contributed by atoms with Crippen LogP contribution in [0.3, 0.4) is 0 Å². The molecule has 1 amide bonds. The van der Waals surface area contributed by atoms with Gasteiger partial charge >= 0.3 is 0 Å². The number of carbonyl (C=O) groups is 1. The van der Waals surface area contributed by atoms with Crippen molar-refractivity contribution in [1.82, 2.24) is 19.8 Å². The zero-order valence-electron chi connectivity index (χ0n) is 20.1. The highest BCUT2D eigenvalue weighted by atomic mass is 32.2. The summed E-state index contributed by atoms with van der Waals surface area (Å²) in [5, 5.41) is 4.42. The van der Waals surface area contributed by atoms with Crippen LogP contribution in [0.4, 0.5) is 0 Å². The minimum Gasteiger partial charge on any atom is -0.353 e. The van der Waals surface area contributed by atoms with E-state index >= 15 is 0 Å². The molecule has 6 nitrogen and oxygen atoms in total. The Labute approximate surface area is 196 Å². The first-order valence-corrected chi connectivity index (χ1v) is 12.9. The minimum atomic E-state index is -0.0350. The maximum absolute atomic E-state index is 13.3. The molecule has 0 spiro atoms. The van der Waals surface area contributed by atoms with Crippen molar-refractivity contribution in [3.8, 4) is 0 Å². The predicted molar refractivity (Wildman–Crippen MR) is 133 cm³/mol. The van der Waals surface area contributed by atoms with Crippen LogP contribution >= 0.6 is 11.8 Å². The first kappa shape index (κ1) is 24.8. The van der Waals surface area contributed by atoms with Gasteiger partial charge in [-0.25, -0.2) is 4.98 Å². The molecule has 32 heavy (non-hydrogen) atoms. The molecule has 0 aliphatic heterocycles. The van der Waals surface area contributed by atoms with Crippen LogP contribution in [0.25, 0.3) is 10.9 Å². The van der Waals surface area contributed by atoms with Crippen LogP contribution in [0.2, 0.25) is 0 Å². The van der Waals surface area contributed by atoms with Crippen LogP contribution in [-0.4, -0.2) is 50.8 Å². The number of thioether (sulfide) groups is 1. The maximum Gasteiger partial charge on any atom is 0.262 e. The highest BCUT2D eigenvalue weighted by Crippen LogP contribution is 2.24. The molecule has 0 saturated heterocycles. The average molecular weight is 459 g/mol. The van der Waals surface area contributed by atoms with Gasteiger partial charge < -0.3 is 5.32 Å². The molecular weight excluding hydrogens is 420 g/mol. The number of hydrogen-bond donors (Lipinski definition) is 1. The van der Waals surface area contributed by atoms with Gasteiger partial charge in [-0.3, -0.25) is 19.1 Å². The topological polar surface area (TPSA) is 67.2 Å². The second-order valence-corrected chi connectivity index (χ2v) is 10.5. The number of nitrogens with one attached hydrogen (secondary N) is 1. The van der Waals surface area contributed by atoms with E-state index in [9.17, 15) is 9.59 Å². The Bertz CT molecular complexity index is 956. The third-order valence-electron chi connectivity index (χ3n) is 6.45. The number of rotatable bonds is 9. The molecule has 0 bridgehead atoms. The van der Waals surface area contributed by atoms with E-state index in [1.807, 2.05) is 24.3 Å². The summed E-state index contributed by atoms with van der Waals surface area (Å²) in [6.45, 7) is 12.3. The summed E-state index contributed by atoms with van der Waals surface area (Å²) in [5.41, 5.74) is 0.648. The van der Waals surface area contributed by atoms with Gasteiger partial charge in [-0.1, -0.05) is 30.8 Å². The van der Waals surface area contributed by atoms with Crippen LogP contribution in [0.15, 0.2) is 34.2 Å². The molecule has 2 aromatic rings. The van der Waals surface area contributed by atoms with Crippen molar-refractivity contribution in [2.45, 2.75) is 90.1 Å². The highest BCUT2D eigenvalue weighted by molar-refractivity contribution is 7.99. The van der Waals surface area contributed by atoms with E-state index in [0.29, 0.717) is 34.7 Å². The van der Waals surface area contributed by atoms with Crippen molar-refractivity contribution in [2.24, 2.45) is 5.92 Å². The SMILES string of the molecule is CC1CCC(NC(=O)CSc2nc3ccccc3c(=O)n2CCN(C(C)C)C(C)C)CC1. The number of fused-ring (bicyclic) bond motifs is 1. The van der Waals surface area contributed by atoms with Crippen molar-refractivity contribution in [2.75, 3.05) is 12.3 Å². The molecule has 0 radical (unpaired) electrons. The first-order chi connectivity index (χ1) is 15.3. The van der Waals surface area contributed by atoms with Crippen molar-refractivity contribution in [3.05, 3.63) is 34.6 Å². The predicted octanol–water partition coefficient (Wildman–Crippen LogP) is 4.30. The van der Waals surface area contributed by atoms with Crippen molar-refractivity contribution in [1.29, 1.82) is 0 Å². The fraction of sp³-hybridized carbons (Fsp3) is 0.640. The summed E-state index contributed by atoms with van der Waals surface area (Å²) in [6, 6.07) is 8.51. The number of carbonyl (C=O) groups excluding carboxylic acids is 1. The third-order valence-corrected chi connectivity index (χ3v) is 7.42. The zero-order valence-corrected chi connectivity index (χ0v) is 21.0. The molecule has 7 heteroatoms. The molecule has 1 aromatic heterocycles. The number of amides is 1. The summed E-state index contributed by atoms with van der Waals surface area (Å²) < 4.78 is 1.75. The smallest absolute Gasteiger partial charge is 0.262 e. The lowest BCUT2D eigenvalue weighted by atomic mass is 9.87. The summed E-state index contributed by atoms with van der Waals surface area (Å²) >= 11 is 1.36. The lowest BCUT2D eigenvalue weighted by Gasteiger charge is -2.30. The molecule has 3 rings (SSSR count). The fourth-order valence-corrected chi connectivity index (χ4v) is 5.42. The van der Waals surface area contributed by atoms with Gasteiger partial charge in [-0.05, 0) is 71.4 Å². The van der Waals surface area contributed by atoms with E-state index in [1.54, 1.807) is 4.57 Å². The van der Waals surface area contributed by atoms with Gasteiger partial charge in [0.25, 0.3) is 5.56 Å². The van der Waals surface area contributed by atoms with Gasteiger partial charge in [0.15, 0.2) is 5.16 Å². The number of aromatic nitrogens is 2. The molecule has 1 saturated carbocycles. The van der Waals surface area contributed by atoms with E-state index in [0.717, 1.165) is 25.3 Å². The van der Waals surface area contributed by atoms with Crippen LogP contribution in [0.1, 0.15) is 60.3 Å². The second kappa shape index (κ2) is 11.3. The zero-order chi connectivity index (χ0) is 23.3. The molecular formula is C25H38N4O2S. The molecule has 1 aromatic carbocycles. The Kier molecular flexibility index (Phi) is 8.77. The van der Waals surface area contributed by atoms with Crippen molar-refractivity contribution in [3.63, 3.8) is 0 Å².